The average molecular weight is 221 g/mol. The average Bonchev–Trinajstić information content (AvgIpc) is 2.87. The molecular weight excluding hydrogens is 198 g/mol. The monoisotopic (exact) mass is 221 g/mol. The highest BCUT2D eigenvalue weighted by Gasteiger charge is 2.22. The van der Waals surface area contributed by atoms with E-state index in [0.29, 0.717) is 5.92 Å². The van der Waals surface area contributed by atoms with Crippen LogP contribution in [0.3, 0.4) is 0 Å². The van der Waals surface area contributed by atoms with Gasteiger partial charge in [-0.1, -0.05) is 20.3 Å². The van der Waals surface area contributed by atoms with Crippen molar-refractivity contribution in [2.24, 2.45) is 11.8 Å². The van der Waals surface area contributed by atoms with E-state index in [1.54, 1.807) is 0 Å². The summed E-state index contributed by atoms with van der Waals surface area (Å²) in [5.41, 5.74) is 0. The highest BCUT2D eigenvalue weighted by atomic mass is 15.0. The SMILES string of the molecule is CC(CNC1CCCC1C)Cn1ccnc1. The van der Waals surface area contributed by atoms with E-state index in [1.165, 1.54) is 19.3 Å². The van der Waals surface area contributed by atoms with Gasteiger partial charge in [-0.15, -0.1) is 0 Å². The molecule has 1 saturated carbocycles. The summed E-state index contributed by atoms with van der Waals surface area (Å²) in [6.45, 7) is 6.85. The smallest absolute Gasteiger partial charge is 0.0946 e. The third kappa shape index (κ3) is 3.08. The third-order valence-corrected chi connectivity index (χ3v) is 3.67. The molecule has 0 bridgehead atoms. The number of nitrogens with zero attached hydrogens (tertiary/aromatic N) is 2. The number of imidazole rings is 1. The first-order chi connectivity index (χ1) is 7.75. The fourth-order valence-electron chi connectivity index (χ4n) is 2.62. The van der Waals surface area contributed by atoms with Crippen molar-refractivity contribution in [1.29, 1.82) is 0 Å². The Bertz CT molecular complexity index is 294. The minimum absolute atomic E-state index is 0.669. The Morgan fingerprint density at radius 3 is 3.00 bits per heavy atom. The highest BCUT2D eigenvalue weighted by Crippen LogP contribution is 2.24. The number of hydrogen-bond donors (Lipinski definition) is 1. The second kappa shape index (κ2) is 5.48. The van der Waals surface area contributed by atoms with Gasteiger partial charge in [0.05, 0.1) is 6.33 Å². The van der Waals surface area contributed by atoms with Gasteiger partial charge >= 0.3 is 0 Å². The fourth-order valence-corrected chi connectivity index (χ4v) is 2.62. The summed E-state index contributed by atoms with van der Waals surface area (Å²) >= 11 is 0. The molecule has 90 valence electrons. The van der Waals surface area contributed by atoms with Crippen molar-refractivity contribution in [3.05, 3.63) is 18.7 Å². The molecule has 3 unspecified atom stereocenters. The molecule has 3 atom stereocenters. The summed E-state index contributed by atoms with van der Waals surface area (Å²) in [6, 6.07) is 0.755. The summed E-state index contributed by atoms with van der Waals surface area (Å²) in [4.78, 5) is 4.07. The zero-order chi connectivity index (χ0) is 11.4. The van der Waals surface area contributed by atoms with Crippen LogP contribution in [0.2, 0.25) is 0 Å². The molecule has 0 radical (unpaired) electrons. The quantitative estimate of drug-likeness (QED) is 0.827. The van der Waals surface area contributed by atoms with Gasteiger partial charge in [0.1, 0.15) is 0 Å². The molecule has 1 aromatic rings. The second-order valence-electron chi connectivity index (χ2n) is 5.29. The first-order valence-electron chi connectivity index (χ1n) is 6.45. The molecule has 0 amide bonds. The lowest BCUT2D eigenvalue weighted by Gasteiger charge is -2.20. The van der Waals surface area contributed by atoms with Crippen LogP contribution in [-0.2, 0) is 6.54 Å². The molecular formula is C13H23N3. The van der Waals surface area contributed by atoms with Gasteiger partial charge in [-0.2, -0.15) is 0 Å². The molecule has 16 heavy (non-hydrogen) atoms. The van der Waals surface area contributed by atoms with Crippen molar-refractivity contribution in [3.8, 4) is 0 Å². The van der Waals surface area contributed by atoms with Gasteiger partial charge in [0.2, 0.25) is 0 Å². The van der Waals surface area contributed by atoms with Crippen molar-refractivity contribution < 1.29 is 0 Å². The standard InChI is InChI=1S/C13H23N3/c1-11(9-16-7-6-14-10-16)8-15-13-5-3-4-12(13)2/h6-7,10-13,15H,3-5,8-9H2,1-2H3. The predicted molar refractivity (Wildman–Crippen MR) is 66.2 cm³/mol. The molecule has 0 aromatic carbocycles. The third-order valence-electron chi connectivity index (χ3n) is 3.67. The van der Waals surface area contributed by atoms with Gasteiger partial charge in [0.25, 0.3) is 0 Å². The molecule has 1 fully saturated rings. The normalized spacial score (nSPS) is 27.1. The first-order valence-corrected chi connectivity index (χ1v) is 6.45. The Labute approximate surface area is 98.3 Å². The van der Waals surface area contributed by atoms with Crippen LogP contribution in [-0.4, -0.2) is 22.1 Å². The van der Waals surface area contributed by atoms with E-state index in [0.717, 1.165) is 25.0 Å². The second-order valence-corrected chi connectivity index (χ2v) is 5.29. The largest absolute Gasteiger partial charge is 0.337 e. The minimum atomic E-state index is 0.669. The summed E-state index contributed by atoms with van der Waals surface area (Å²) in [7, 11) is 0. The van der Waals surface area contributed by atoms with E-state index >= 15 is 0 Å². The van der Waals surface area contributed by atoms with Gasteiger partial charge in [0.15, 0.2) is 0 Å². The number of nitrogens with one attached hydrogen (secondary N) is 1. The zero-order valence-electron chi connectivity index (χ0n) is 10.4. The summed E-state index contributed by atoms with van der Waals surface area (Å²) < 4.78 is 2.16. The highest BCUT2D eigenvalue weighted by molar-refractivity contribution is 4.81. The number of rotatable bonds is 5. The maximum atomic E-state index is 4.07. The molecule has 1 aliphatic carbocycles. The molecule has 0 saturated heterocycles. The molecule has 3 heteroatoms. The van der Waals surface area contributed by atoms with E-state index < -0.39 is 0 Å². The topological polar surface area (TPSA) is 29.9 Å². The molecule has 1 heterocycles. The fraction of sp³-hybridized carbons (Fsp3) is 0.769. The van der Waals surface area contributed by atoms with E-state index in [2.05, 4.69) is 28.7 Å². The lowest BCUT2D eigenvalue weighted by atomic mass is 10.1. The van der Waals surface area contributed by atoms with Gasteiger partial charge < -0.3 is 9.88 Å². The Morgan fingerprint density at radius 1 is 1.50 bits per heavy atom. The predicted octanol–water partition coefficient (Wildman–Crippen LogP) is 2.30. The van der Waals surface area contributed by atoms with Crippen LogP contribution >= 0.6 is 0 Å². The number of hydrogen-bond acceptors (Lipinski definition) is 2. The van der Waals surface area contributed by atoms with E-state index in [1.807, 2.05) is 18.7 Å². The summed E-state index contributed by atoms with van der Waals surface area (Å²) in [5.74, 6) is 1.53. The Kier molecular flexibility index (Phi) is 3.99. The van der Waals surface area contributed by atoms with Crippen molar-refractivity contribution in [3.63, 3.8) is 0 Å². The molecule has 3 nitrogen and oxygen atoms in total. The lowest BCUT2D eigenvalue weighted by molar-refractivity contribution is 0.370. The Hall–Kier alpha value is -0.830. The maximum absolute atomic E-state index is 4.07. The van der Waals surface area contributed by atoms with Gasteiger partial charge in [0, 0.05) is 25.0 Å². The van der Waals surface area contributed by atoms with Crippen LogP contribution in [0.1, 0.15) is 33.1 Å². The van der Waals surface area contributed by atoms with Gasteiger partial charge in [-0.3, -0.25) is 0 Å². The van der Waals surface area contributed by atoms with Crippen LogP contribution in [0.5, 0.6) is 0 Å². The van der Waals surface area contributed by atoms with Crippen molar-refractivity contribution in [2.45, 2.75) is 45.7 Å². The van der Waals surface area contributed by atoms with Gasteiger partial charge in [-0.05, 0) is 31.2 Å². The van der Waals surface area contributed by atoms with E-state index in [4.69, 9.17) is 0 Å². The van der Waals surface area contributed by atoms with Crippen LogP contribution in [0.15, 0.2) is 18.7 Å². The number of aromatic nitrogens is 2. The molecule has 0 aliphatic heterocycles. The van der Waals surface area contributed by atoms with Crippen molar-refractivity contribution in [1.82, 2.24) is 14.9 Å². The summed E-state index contributed by atoms with van der Waals surface area (Å²) in [5, 5.41) is 3.71. The lowest BCUT2D eigenvalue weighted by Crippen LogP contribution is -2.35. The van der Waals surface area contributed by atoms with E-state index in [-0.39, 0.29) is 0 Å². The molecule has 1 aliphatic rings. The molecule has 0 spiro atoms. The van der Waals surface area contributed by atoms with E-state index in [9.17, 15) is 0 Å². The van der Waals surface area contributed by atoms with Crippen molar-refractivity contribution in [2.75, 3.05) is 6.54 Å². The first kappa shape index (κ1) is 11.6. The Morgan fingerprint density at radius 2 is 2.38 bits per heavy atom. The van der Waals surface area contributed by atoms with Crippen LogP contribution in [0.4, 0.5) is 0 Å². The maximum Gasteiger partial charge on any atom is 0.0946 e. The van der Waals surface area contributed by atoms with Crippen LogP contribution < -0.4 is 5.32 Å². The molecule has 1 N–H and O–H groups in total. The molecule has 2 rings (SSSR count). The summed E-state index contributed by atoms with van der Waals surface area (Å²) in [6.07, 6.45) is 9.93. The molecule has 1 aromatic heterocycles. The Balaban J connectivity index is 1.69. The van der Waals surface area contributed by atoms with Crippen molar-refractivity contribution >= 4 is 0 Å². The van der Waals surface area contributed by atoms with Gasteiger partial charge in [-0.25, -0.2) is 4.98 Å². The zero-order valence-corrected chi connectivity index (χ0v) is 10.4. The minimum Gasteiger partial charge on any atom is -0.337 e. The van der Waals surface area contributed by atoms with Crippen LogP contribution in [0, 0.1) is 11.8 Å². The van der Waals surface area contributed by atoms with Crippen LogP contribution in [0.25, 0.3) is 0 Å².